The number of aliphatic hydroxyl groups excluding tert-OH is 1. The molecule has 114 valence electrons. The molecule has 6 heteroatoms. The van der Waals surface area contributed by atoms with Gasteiger partial charge in [-0.25, -0.2) is 0 Å². The average molecular weight is 347 g/mol. The van der Waals surface area contributed by atoms with Gasteiger partial charge in [-0.2, -0.15) is 0 Å². The van der Waals surface area contributed by atoms with Crippen LogP contribution in [0.2, 0.25) is 0 Å². The van der Waals surface area contributed by atoms with E-state index in [0.29, 0.717) is 11.5 Å². The zero-order chi connectivity index (χ0) is 15.1. The van der Waals surface area contributed by atoms with Crippen molar-refractivity contribution in [2.24, 2.45) is 0 Å². The molecule has 1 atom stereocenters. The molecule has 0 fully saturated rings. The Labute approximate surface area is 129 Å². The van der Waals surface area contributed by atoms with Gasteiger partial charge in [0.2, 0.25) is 0 Å². The van der Waals surface area contributed by atoms with Gasteiger partial charge in [-0.1, -0.05) is 15.9 Å². The van der Waals surface area contributed by atoms with Gasteiger partial charge in [0.05, 0.1) is 26.9 Å². The van der Waals surface area contributed by atoms with Crippen molar-refractivity contribution in [3.63, 3.8) is 0 Å². The van der Waals surface area contributed by atoms with Gasteiger partial charge in [0.25, 0.3) is 0 Å². The minimum Gasteiger partial charge on any atom is -0.493 e. The summed E-state index contributed by atoms with van der Waals surface area (Å²) in [5.74, 6) is 1.31. The number of nitrogens with zero attached hydrogens (tertiary/aromatic N) is 1. The number of ether oxygens (including phenoxy) is 2. The lowest BCUT2D eigenvalue weighted by Gasteiger charge is -2.21. The Morgan fingerprint density at radius 1 is 1.25 bits per heavy atom. The Kier molecular flexibility index (Phi) is 7.29. The van der Waals surface area contributed by atoms with Gasteiger partial charge in [-0.3, -0.25) is 0 Å². The third-order valence-electron chi connectivity index (χ3n) is 3.01. The molecule has 1 aromatic carbocycles. The third kappa shape index (κ3) is 4.63. The fraction of sp³-hybridized carbons (Fsp3) is 0.571. The van der Waals surface area contributed by atoms with Crippen molar-refractivity contribution in [3.8, 4) is 11.5 Å². The van der Waals surface area contributed by atoms with Crippen molar-refractivity contribution < 1.29 is 14.6 Å². The first-order valence-electron chi connectivity index (χ1n) is 6.43. The quantitative estimate of drug-likeness (QED) is 0.749. The summed E-state index contributed by atoms with van der Waals surface area (Å²) in [4.78, 5) is 2.09. The molecule has 0 saturated carbocycles. The smallest absolute Gasteiger partial charge is 0.161 e. The molecule has 0 aliphatic rings. The lowest BCUT2D eigenvalue weighted by molar-refractivity contribution is 0.239. The molecule has 0 spiro atoms. The highest BCUT2D eigenvalue weighted by Gasteiger charge is 2.17. The van der Waals surface area contributed by atoms with Crippen LogP contribution in [0.25, 0.3) is 0 Å². The van der Waals surface area contributed by atoms with Crippen molar-refractivity contribution in [1.82, 2.24) is 10.2 Å². The van der Waals surface area contributed by atoms with Crippen LogP contribution >= 0.6 is 15.9 Å². The summed E-state index contributed by atoms with van der Waals surface area (Å²) in [6.07, 6.45) is 0. The highest BCUT2D eigenvalue weighted by Crippen LogP contribution is 2.35. The molecule has 20 heavy (non-hydrogen) atoms. The summed E-state index contributed by atoms with van der Waals surface area (Å²) in [5.41, 5.74) is 0.948. The SMILES string of the molecule is COc1cc(Br)c(C(CO)NCCN(C)C)cc1OC. The van der Waals surface area contributed by atoms with E-state index >= 15 is 0 Å². The predicted octanol–water partition coefficient (Wildman–Crippen LogP) is 1.65. The number of benzene rings is 1. The summed E-state index contributed by atoms with van der Waals surface area (Å²) in [6.45, 7) is 1.71. The molecule has 1 unspecified atom stereocenters. The van der Waals surface area contributed by atoms with Crippen molar-refractivity contribution in [1.29, 1.82) is 0 Å². The summed E-state index contributed by atoms with van der Waals surface area (Å²) in [7, 11) is 7.23. The third-order valence-corrected chi connectivity index (χ3v) is 3.70. The van der Waals surface area contributed by atoms with Crippen LogP contribution in [0.15, 0.2) is 16.6 Å². The zero-order valence-corrected chi connectivity index (χ0v) is 14.0. The van der Waals surface area contributed by atoms with Gasteiger partial charge in [0.15, 0.2) is 11.5 Å². The monoisotopic (exact) mass is 346 g/mol. The van der Waals surface area contributed by atoms with Crippen molar-refractivity contribution >= 4 is 15.9 Å². The van der Waals surface area contributed by atoms with E-state index in [4.69, 9.17) is 9.47 Å². The van der Waals surface area contributed by atoms with Crippen LogP contribution in [0.3, 0.4) is 0 Å². The Morgan fingerprint density at radius 3 is 2.35 bits per heavy atom. The predicted molar refractivity (Wildman–Crippen MR) is 83.6 cm³/mol. The Balaban J connectivity index is 2.91. The van der Waals surface area contributed by atoms with Crippen LogP contribution in [0.4, 0.5) is 0 Å². The van der Waals surface area contributed by atoms with Crippen LogP contribution in [0, 0.1) is 0 Å². The molecule has 1 rings (SSSR count). The molecule has 5 nitrogen and oxygen atoms in total. The van der Waals surface area contributed by atoms with E-state index in [1.54, 1.807) is 14.2 Å². The minimum absolute atomic E-state index is 0.0154. The van der Waals surface area contributed by atoms with Crippen LogP contribution in [-0.2, 0) is 0 Å². The summed E-state index contributed by atoms with van der Waals surface area (Å²) in [5, 5.41) is 12.9. The maximum Gasteiger partial charge on any atom is 0.161 e. The molecule has 0 saturated heterocycles. The number of rotatable bonds is 8. The zero-order valence-electron chi connectivity index (χ0n) is 12.4. The second-order valence-electron chi connectivity index (χ2n) is 4.72. The standard InChI is InChI=1S/C14H23BrN2O3/c1-17(2)6-5-16-12(9-18)10-7-13(19-3)14(20-4)8-11(10)15/h7-8,12,16,18H,5-6,9H2,1-4H3. The fourth-order valence-corrected chi connectivity index (χ4v) is 2.47. The first kappa shape index (κ1) is 17.2. The Morgan fingerprint density at radius 2 is 1.85 bits per heavy atom. The molecule has 1 aromatic rings. The van der Waals surface area contributed by atoms with Gasteiger partial charge < -0.3 is 24.8 Å². The summed E-state index contributed by atoms with van der Waals surface area (Å²) >= 11 is 3.52. The molecule has 0 radical (unpaired) electrons. The Bertz CT molecular complexity index is 427. The number of halogens is 1. The molecular weight excluding hydrogens is 324 g/mol. The van der Waals surface area contributed by atoms with E-state index in [-0.39, 0.29) is 12.6 Å². The highest BCUT2D eigenvalue weighted by atomic mass is 79.9. The largest absolute Gasteiger partial charge is 0.493 e. The average Bonchev–Trinajstić information content (AvgIpc) is 2.43. The first-order chi connectivity index (χ1) is 9.53. The molecule has 0 aromatic heterocycles. The number of nitrogens with one attached hydrogen (secondary N) is 1. The van der Waals surface area contributed by atoms with Crippen LogP contribution in [0.1, 0.15) is 11.6 Å². The van der Waals surface area contributed by atoms with Gasteiger partial charge in [-0.15, -0.1) is 0 Å². The topological polar surface area (TPSA) is 54.0 Å². The fourth-order valence-electron chi connectivity index (χ4n) is 1.87. The molecule has 0 heterocycles. The number of hydrogen-bond acceptors (Lipinski definition) is 5. The normalized spacial score (nSPS) is 12.6. The van der Waals surface area contributed by atoms with Crippen LogP contribution in [0.5, 0.6) is 11.5 Å². The van der Waals surface area contributed by atoms with Crippen molar-refractivity contribution in [2.75, 3.05) is 48.0 Å². The van der Waals surface area contributed by atoms with Crippen molar-refractivity contribution in [2.45, 2.75) is 6.04 Å². The minimum atomic E-state index is -0.149. The molecule has 0 bridgehead atoms. The maximum absolute atomic E-state index is 9.59. The maximum atomic E-state index is 9.59. The van der Waals surface area contributed by atoms with E-state index in [1.165, 1.54) is 0 Å². The van der Waals surface area contributed by atoms with Gasteiger partial charge in [0, 0.05) is 17.6 Å². The highest BCUT2D eigenvalue weighted by molar-refractivity contribution is 9.10. The lowest BCUT2D eigenvalue weighted by atomic mass is 10.1. The van der Waals surface area contributed by atoms with Gasteiger partial charge in [0.1, 0.15) is 0 Å². The second-order valence-corrected chi connectivity index (χ2v) is 5.58. The summed E-state index contributed by atoms with van der Waals surface area (Å²) < 4.78 is 11.4. The van der Waals surface area contributed by atoms with E-state index in [0.717, 1.165) is 23.1 Å². The summed E-state index contributed by atoms with van der Waals surface area (Å²) in [6, 6.07) is 3.58. The van der Waals surface area contributed by atoms with Crippen molar-refractivity contribution in [3.05, 3.63) is 22.2 Å². The van der Waals surface area contributed by atoms with Gasteiger partial charge in [-0.05, 0) is 31.8 Å². The van der Waals surface area contributed by atoms with E-state index in [2.05, 4.69) is 26.1 Å². The van der Waals surface area contributed by atoms with Crippen LogP contribution < -0.4 is 14.8 Å². The van der Waals surface area contributed by atoms with Crippen LogP contribution in [-0.4, -0.2) is 58.0 Å². The lowest BCUT2D eigenvalue weighted by Crippen LogP contribution is -2.31. The van der Waals surface area contributed by atoms with E-state index in [1.807, 2.05) is 26.2 Å². The molecule has 0 aliphatic heterocycles. The number of likely N-dealkylation sites (N-methyl/N-ethyl adjacent to an activating group) is 1. The molecule has 0 aliphatic carbocycles. The number of aliphatic hydroxyl groups is 1. The van der Waals surface area contributed by atoms with Gasteiger partial charge >= 0.3 is 0 Å². The first-order valence-corrected chi connectivity index (χ1v) is 7.23. The molecule has 0 amide bonds. The second kappa shape index (κ2) is 8.46. The van der Waals surface area contributed by atoms with E-state index < -0.39 is 0 Å². The van der Waals surface area contributed by atoms with E-state index in [9.17, 15) is 5.11 Å². The Hall–Kier alpha value is -0.820. The number of hydrogen-bond donors (Lipinski definition) is 2. The number of methoxy groups -OCH3 is 2. The molecule has 2 N–H and O–H groups in total. The molecular formula is C14H23BrN2O3.